The van der Waals surface area contributed by atoms with Gasteiger partial charge in [-0.1, -0.05) is 25.7 Å². The number of nitro groups is 1. The Kier molecular flexibility index (Phi) is 6.28. The number of hydrogen-bond acceptors (Lipinski definition) is 6. The Bertz CT molecular complexity index is 556. The number of primary amides is 1. The van der Waals surface area contributed by atoms with Crippen molar-refractivity contribution in [1.29, 1.82) is 0 Å². The number of nitrogens with zero attached hydrogens (tertiary/aromatic N) is 2. The SMILES string of the molecule is NC(=O)c1cc([N+](=O)[O-])cnc1NCCNC1CCCCCC1. The summed E-state index contributed by atoms with van der Waals surface area (Å²) in [6.07, 6.45) is 8.66. The van der Waals surface area contributed by atoms with E-state index < -0.39 is 10.8 Å². The Morgan fingerprint density at radius 2 is 2.00 bits per heavy atom. The van der Waals surface area contributed by atoms with Crippen LogP contribution < -0.4 is 16.4 Å². The van der Waals surface area contributed by atoms with Gasteiger partial charge in [-0.25, -0.2) is 4.98 Å². The highest BCUT2D eigenvalue weighted by molar-refractivity contribution is 5.98. The molecule has 0 bridgehead atoms. The summed E-state index contributed by atoms with van der Waals surface area (Å²) in [6, 6.07) is 1.69. The molecule has 0 spiro atoms. The largest absolute Gasteiger partial charge is 0.368 e. The van der Waals surface area contributed by atoms with E-state index in [2.05, 4.69) is 15.6 Å². The van der Waals surface area contributed by atoms with E-state index in [-0.39, 0.29) is 17.1 Å². The number of hydrogen-bond donors (Lipinski definition) is 3. The lowest BCUT2D eigenvalue weighted by Gasteiger charge is -2.16. The molecule has 8 nitrogen and oxygen atoms in total. The molecule has 0 aliphatic heterocycles. The van der Waals surface area contributed by atoms with Gasteiger partial charge in [0, 0.05) is 25.2 Å². The highest BCUT2D eigenvalue weighted by Gasteiger charge is 2.16. The van der Waals surface area contributed by atoms with Crippen molar-refractivity contribution in [2.75, 3.05) is 18.4 Å². The van der Waals surface area contributed by atoms with Crippen LogP contribution in [0.5, 0.6) is 0 Å². The molecular formula is C15H23N5O3. The Balaban J connectivity index is 1.87. The van der Waals surface area contributed by atoms with Crippen molar-refractivity contribution in [3.05, 3.63) is 27.9 Å². The lowest BCUT2D eigenvalue weighted by atomic mass is 10.1. The average Bonchev–Trinajstić information content (AvgIpc) is 2.80. The first-order valence-corrected chi connectivity index (χ1v) is 7.99. The minimum absolute atomic E-state index is 0.0358. The number of anilines is 1. The standard InChI is InChI=1S/C15H23N5O3/c16-14(21)13-9-12(20(22)23)10-19-15(13)18-8-7-17-11-5-3-1-2-4-6-11/h9-11,17H,1-8H2,(H2,16,21)(H,18,19). The van der Waals surface area contributed by atoms with Crippen molar-refractivity contribution in [2.24, 2.45) is 5.73 Å². The molecule has 1 aromatic rings. The Morgan fingerprint density at radius 1 is 1.30 bits per heavy atom. The number of carbonyl (C=O) groups is 1. The molecule has 23 heavy (non-hydrogen) atoms. The minimum Gasteiger partial charge on any atom is -0.368 e. The quantitative estimate of drug-likeness (QED) is 0.304. The van der Waals surface area contributed by atoms with Crippen molar-refractivity contribution in [3.8, 4) is 0 Å². The first-order chi connectivity index (χ1) is 11.1. The van der Waals surface area contributed by atoms with Gasteiger partial charge in [0.05, 0.1) is 10.5 Å². The van der Waals surface area contributed by atoms with Gasteiger partial charge in [-0.15, -0.1) is 0 Å². The number of pyridine rings is 1. The van der Waals surface area contributed by atoms with Crippen molar-refractivity contribution in [1.82, 2.24) is 10.3 Å². The molecule has 1 aliphatic carbocycles. The van der Waals surface area contributed by atoms with Crippen LogP contribution in [-0.4, -0.2) is 34.9 Å². The van der Waals surface area contributed by atoms with Crippen LogP contribution in [0.15, 0.2) is 12.3 Å². The molecule has 0 unspecified atom stereocenters. The molecule has 0 atom stereocenters. The molecule has 0 aromatic carbocycles. The molecule has 1 heterocycles. The predicted molar refractivity (Wildman–Crippen MR) is 87.4 cm³/mol. The van der Waals surface area contributed by atoms with Crippen LogP contribution in [0, 0.1) is 10.1 Å². The van der Waals surface area contributed by atoms with E-state index in [1.54, 1.807) is 0 Å². The summed E-state index contributed by atoms with van der Waals surface area (Å²) in [5, 5.41) is 17.2. The van der Waals surface area contributed by atoms with Crippen molar-refractivity contribution in [2.45, 2.75) is 44.6 Å². The fraction of sp³-hybridized carbons (Fsp3) is 0.600. The molecule has 0 saturated heterocycles. The number of nitrogens with two attached hydrogens (primary N) is 1. The van der Waals surface area contributed by atoms with Crippen molar-refractivity contribution >= 4 is 17.4 Å². The summed E-state index contributed by atoms with van der Waals surface area (Å²) in [5.41, 5.74) is 5.05. The number of amides is 1. The Labute approximate surface area is 135 Å². The van der Waals surface area contributed by atoms with Gasteiger partial charge >= 0.3 is 0 Å². The first kappa shape index (κ1) is 17.1. The zero-order chi connectivity index (χ0) is 16.7. The van der Waals surface area contributed by atoms with Gasteiger partial charge in [0.2, 0.25) is 0 Å². The maximum atomic E-state index is 11.4. The van der Waals surface area contributed by atoms with Crippen molar-refractivity contribution in [3.63, 3.8) is 0 Å². The van der Waals surface area contributed by atoms with Gasteiger partial charge in [-0.2, -0.15) is 0 Å². The highest BCUT2D eigenvalue weighted by atomic mass is 16.6. The van der Waals surface area contributed by atoms with E-state index in [0.29, 0.717) is 12.6 Å². The zero-order valence-electron chi connectivity index (χ0n) is 13.1. The number of aromatic nitrogens is 1. The van der Waals surface area contributed by atoms with Gasteiger partial charge in [-0.3, -0.25) is 14.9 Å². The lowest BCUT2D eigenvalue weighted by Crippen LogP contribution is -2.33. The second kappa shape index (κ2) is 8.42. The molecule has 2 rings (SSSR count). The predicted octanol–water partition coefficient (Wildman–Crippen LogP) is 1.81. The molecule has 1 aromatic heterocycles. The molecule has 1 amide bonds. The topological polar surface area (TPSA) is 123 Å². The summed E-state index contributed by atoms with van der Waals surface area (Å²) in [7, 11) is 0. The molecule has 0 radical (unpaired) electrons. The van der Waals surface area contributed by atoms with Crippen LogP contribution in [0.2, 0.25) is 0 Å². The summed E-state index contributed by atoms with van der Waals surface area (Å²) >= 11 is 0. The Hall–Kier alpha value is -2.22. The van der Waals surface area contributed by atoms with Gasteiger partial charge in [0.25, 0.3) is 11.6 Å². The van der Waals surface area contributed by atoms with Crippen molar-refractivity contribution < 1.29 is 9.72 Å². The molecule has 126 valence electrons. The van der Waals surface area contributed by atoms with Crippen LogP contribution in [-0.2, 0) is 0 Å². The van der Waals surface area contributed by atoms with Gasteiger partial charge in [-0.05, 0) is 12.8 Å². The minimum atomic E-state index is -0.736. The second-order valence-corrected chi connectivity index (χ2v) is 5.78. The maximum Gasteiger partial charge on any atom is 0.288 e. The molecule has 8 heteroatoms. The first-order valence-electron chi connectivity index (χ1n) is 7.99. The third-order valence-electron chi connectivity index (χ3n) is 4.06. The maximum absolute atomic E-state index is 11.4. The summed E-state index contributed by atoms with van der Waals surface area (Å²) < 4.78 is 0. The third-order valence-corrected chi connectivity index (χ3v) is 4.06. The molecule has 1 fully saturated rings. The van der Waals surface area contributed by atoms with Crippen LogP contribution in [0.3, 0.4) is 0 Å². The molecule has 1 saturated carbocycles. The number of carbonyl (C=O) groups excluding carboxylic acids is 1. The third kappa shape index (κ3) is 5.17. The van der Waals surface area contributed by atoms with E-state index in [0.717, 1.165) is 18.8 Å². The van der Waals surface area contributed by atoms with E-state index >= 15 is 0 Å². The van der Waals surface area contributed by atoms with Gasteiger partial charge in [0.1, 0.15) is 12.0 Å². The highest BCUT2D eigenvalue weighted by Crippen LogP contribution is 2.19. The zero-order valence-corrected chi connectivity index (χ0v) is 13.1. The van der Waals surface area contributed by atoms with Crippen LogP contribution in [0.4, 0.5) is 11.5 Å². The van der Waals surface area contributed by atoms with E-state index in [4.69, 9.17) is 5.73 Å². The van der Waals surface area contributed by atoms with E-state index in [1.807, 2.05) is 0 Å². The lowest BCUT2D eigenvalue weighted by molar-refractivity contribution is -0.385. The fourth-order valence-corrected chi connectivity index (χ4v) is 2.82. The molecular weight excluding hydrogens is 298 g/mol. The monoisotopic (exact) mass is 321 g/mol. The summed E-state index contributed by atoms with van der Waals surface area (Å²) in [4.78, 5) is 25.5. The van der Waals surface area contributed by atoms with E-state index in [1.165, 1.54) is 38.5 Å². The van der Waals surface area contributed by atoms with Crippen LogP contribution in [0.25, 0.3) is 0 Å². The molecule has 4 N–H and O–H groups in total. The van der Waals surface area contributed by atoms with Crippen LogP contribution in [0.1, 0.15) is 48.9 Å². The number of rotatable bonds is 7. The normalized spacial score (nSPS) is 15.8. The number of nitrogens with one attached hydrogen (secondary N) is 2. The summed E-state index contributed by atoms with van der Waals surface area (Å²) in [5.74, 6) is -0.453. The Morgan fingerprint density at radius 3 is 2.61 bits per heavy atom. The van der Waals surface area contributed by atoms with Crippen LogP contribution >= 0.6 is 0 Å². The van der Waals surface area contributed by atoms with Gasteiger partial charge < -0.3 is 16.4 Å². The summed E-state index contributed by atoms with van der Waals surface area (Å²) in [6.45, 7) is 1.31. The fourth-order valence-electron chi connectivity index (χ4n) is 2.82. The average molecular weight is 321 g/mol. The second-order valence-electron chi connectivity index (χ2n) is 5.78. The smallest absolute Gasteiger partial charge is 0.288 e. The van der Waals surface area contributed by atoms with Gasteiger partial charge in [0.15, 0.2) is 0 Å². The van der Waals surface area contributed by atoms with E-state index in [9.17, 15) is 14.9 Å². The molecule has 1 aliphatic rings.